The molecule has 0 unspecified atom stereocenters. The fourth-order valence-corrected chi connectivity index (χ4v) is 5.10. The summed E-state index contributed by atoms with van der Waals surface area (Å²) in [6.45, 7) is 1.91. The minimum absolute atomic E-state index is 0.186. The molecule has 0 N–H and O–H groups in total. The Morgan fingerprint density at radius 2 is 1.72 bits per heavy atom. The van der Waals surface area contributed by atoms with Crippen LogP contribution in [0, 0.1) is 0 Å². The highest BCUT2D eigenvalue weighted by Gasteiger charge is 2.29. The van der Waals surface area contributed by atoms with Crippen molar-refractivity contribution in [2.24, 2.45) is 0 Å². The van der Waals surface area contributed by atoms with Crippen molar-refractivity contribution in [3.63, 3.8) is 0 Å². The number of rotatable bonds is 5. The third-order valence-electron chi connectivity index (χ3n) is 5.47. The third-order valence-corrected chi connectivity index (χ3v) is 7.36. The van der Waals surface area contributed by atoms with Gasteiger partial charge < -0.3 is 0 Å². The van der Waals surface area contributed by atoms with Crippen LogP contribution in [-0.2, 0) is 16.7 Å². The summed E-state index contributed by atoms with van der Waals surface area (Å²) in [5.41, 5.74) is 0.935. The van der Waals surface area contributed by atoms with Gasteiger partial charge in [-0.25, -0.2) is 17.8 Å². The maximum atomic E-state index is 12.9. The van der Waals surface area contributed by atoms with Gasteiger partial charge in [0.15, 0.2) is 5.52 Å². The molecule has 0 atom stereocenters. The maximum Gasteiger partial charge on any atom is 0.296 e. The molecule has 4 heterocycles. The van der Waals surface area contributed by atoms with Gasteiger partial charge in [-0.15, -0.1) is 0 Å². The van der Waals surface area contributed by atoms with Gasteiger partial charge in [-0.1, -0.05) is 18.2 Å². The number of hydrogen-bond acceptors (Lipinski definition) is 7. The molecular weight excluding hydrogens is 430 g/mol. The number of pyridine rings is 1. The highest BCUT2D eigenvalue weighted by molar-refractivity contribution is 7.89. The van der Waals surface area contributed by atoms with Crippen molar-refractivity contribution in [3.05, 3.63) is 77.6 Å². The van der Waals surface area contributed by atoms with Crippen molar-refractivity contribution in [2.45, 2.75) is 11.6 Å². The predicted molar refractivity (Wildman–Crippen MR) is 118 cm³/mol. The first-order valence-electron chi connectivity index (χ1n) is 10.2. The van der Waals surface area contributed by atoms with Crippen molar-refractivity contribution in [3.8, 4) is 5.69 Å². The molecule has 1 aliphatic heterocycles. The van der Waals surface area contributed by atoms with Crippen molar-refractivity contribution in [1.82, 2.24) is 33.8 Å². The molecule has 1 saturated heterocycles. The Bertz CT molecular complexity index is 1390. The van der Waals surface area contributed by atoms with E-state index in [1.54, 1.807) is 35.4 Å². The number of sulfonamides is 1. The van der Waals surface area contributed by atoms with Gasteiger partial charge in [-0.3, -0.25) is 14.7 Å². The van der Waals surface area contributed by atoms with E-state index in [4.69, 9.17) is 0 Å². The Kier molecular flexibility index (Phi) is 5.29. The van der Waals surface area contributed by atoms with E-state index in [0.29, 0.717) is 37.1 Å². The van der Waals surface area contributed by atoms with Crippen molar-refractivity contribution < 1.29 is 8.42 Å². The summed E-state index contributed by atoms with van der Waals surface area (Å²) >= 11 is 0. The van der Waals surface area contributed by atoms with E-state index in [9.17, 15) is 13.2 Å². The van der Waals surface area contributed by atoms with E-state index < -0.39 is 10.0 Å². The normalized spacial score (nSPS) is 15.9. The monoisotopic (exact) mass is 451 g/mol. The van der Waals surface area contributed by atoms with E-state index in [2.05, 4.69) is 15.2 Å². The van der Waals surface area contributed by atoms with E-state index in [1.165, 1.54) is 15.2 Å². The summed E-state index contributed by atoms with van der Waals surface area (Å²) < 4.78 is 30.0. The quantitative estimate of drug-likeness (QED) is 0.445. The lowest BCUT2D eigenvalue weighted by Gasteiger charge is -2.33. The van der Waals surface area contributed by atoms with Gasteiger partial charge in [0.25, 0.3) is 5.56 Å². The van der Waals surface area contributed by atoms with Crippen LogP contribution in [0.1, 0.15) is 0 Å². The predicted octanol–water partition coefficient (Wildman–Crippen LogP) is 0.941. The van der Waals surface area contributed by atoms with Crippen LogP contribution in [0.3, 0.4) is 0 Å². The van der Waals surface area contributed by atoms with Crippen LogP contribution in [0.5, 0.6) is 0 Å². The van der Waals surface area contributed by atoms with Crippen LogP contribution in [0.15, 0.2) is 76.9 Å². The van der Waals surface area contributed by atoms with Gasteiger partial charge in [0.1, 0.15) is 4.90 Å². The first kappa shape index (κ1) is 20.5. The van der Waals surface area contributed by atoms with Gasteiger partial charge in [0.2, 0.25) is 10.0 Å². The molecule has 0 radical (unpaired) electrons. The zero-order chi connectivity index (χ0) is 22.1. The topological polar surface area (TPSA) is 106 Å². The fourth-order valence-electron chi connectivity index (χ4n) is 3.72. The molecule has 32 heavy (non-hydrogen) atoms. The second-order valence-corrected chi connectivity index (χ2v) is 9.45. The molecule has 11 heteroatoms. The fraction of sp³-hybridized carbons (Fsp3) is 0.238. The van der Waals surface area contributed by atoms with Crippen LogP contribution in [-0.4, -0.2) is 68.3 Å². The number of aromatic nitrogens is 5. The third kappa shape index (κ3) is 3.81. The molecule has 1 fully saturated rings. The number of benzene rings is 1. The molecule has 0 spiro atoms. The van der Waals surface area contributed by atoms with Crippen LogP contribution in [0.2, 0.25) is 0 Å². The molecule has 0 aliphatic carbocycles. The summed E-state index contributed by atoms with van der Waals surface area (Å²) in [7, 11) is -3.57. The molecule has 3 aromatic heterocycles. The second-order valence-electron chi connectivity index (χ2n) is 7.51. The van der Waals surface area contributed by atoms with Gasteiger partial charge in [-0.05, 0) is 24.3 Å². The Hall–Kier alpha value is -3.41. The summed E-state index contributed by atoms with van der Waals surface area (Å²) in [4.78, 5) is 19.0. The lowest BCUT2D eigenvalue weighted by molar-refractivity contribution is 0.143. The van der Waals surface area contributed by atoms with Crippen LogP contribution in [0.4, 0.5) is 0 Å². The van der Waals surface area contributed by atoms with Gasteiger partial charge in [0, 0.05) is 50.2 Å². The van der Waals surface area contributed by atoms with Crippen molar-refractivity contribution in [1.29, 1.82) is 0 Å². The second kappa shape index (κ2) is 8.26. The summed E-state index contributed by atoms with van der Waals surface area (Å²) in [5.74, 6) is 0. The molecule has 10 nitrogen and oxygen atoms in total. The molecule has 1 aliphatic rings. The maximum absolute atomic E-state index is 12.9. The van der Waals surface area contributed by atoms with Crippen LogP contribution >= 0.6 is 0 Å². The first-order valence-corrected chi connectivity index (χ1v) is 11.6. The summed E-state index contributed by atoms with van der Waals surface area (Å²) in [6.07, 6.45) is 6.31. The molecular formula is C21H21N7O3S. The number of para-hydroxylation sites is 1. The number of nitrogens with zero attached hydrogens (tertiary/aromatic N) is 7. The number of fused-ring (bicyclic) bond motifs is 1. The summed E-state index contributed by atoms with van der Waals surface area (Å²) in [6, 6.07) is 12.7. The standard InChI is InChI=1S/C21H21N7O3S/c29-21-20-17(15-27(24-20)18-5-2-1-3-6-18)13-23-28(21)16-25-9-11-26(12-10-25)32(30,31)19-7-4-8-22-14-19/h1-8,13-15H,9-12,16H2. The zero-order valence-corrected chi connectivity index (χ0v) is 18.0. The molecule has 5 rings (SSSR count). The van der Waals surface area contributed by atoms with Gasteiger partial charge >= 0.3 is 0 Å². The lowest BCUT2D eigenvalue weighted by Crippen LogP contribution is -2.49. The Morgan fingerprint density at radius 1 is 0.938 bits per heavy atom. The van der Waals surface area contributed by atoms with Crippen molar-refractivity contribution >= 4 is 20.9 Å². The van der Waals surface area contributed by atoms with Crippen LogP contribution in [0.25, 0.3) is 16.6 Å². The number of piperazine rings is 1. The molecule has 0 bridgehead atoms. The van der Waals surface area contributed by atoms with E-state index in [-0.39, 0.29) is 17.1 Å². The highest BCUT2D eigenvalue weighted by Crippen LogP contribution is 2.17. The minimum Gasteiger partial charge on any atom is -0.282 e. The average Bonchev–Trinajstić information content (AvgIpc) is 3.28. The minimum atomic E-state index is -3.57. The van der Waals surface area contributed by atoms with Gasteiger partial charge in [0.05, 0.1) is 18.6 Å². The van der Waals surface area contributed by atoms with Gasteiger partial charge in [-0.2, -0.15) is 14.5 Å². The van der Waals surface area contributed by atoms with Crippen LogP contribution < -0.4 is 5.56 Å². The summed E-state index contributed by atoms with van der Waals surface area (Å²) in [5, 5.41) is 9.41. The van der Waals surface area contributed by atoms with E-state index >= 15 is 0 Å². The molecule has 1 aromatic carbocycles. The largest absolute Gasteiger partial charge is 0.296 e. The molecule has 0 amide bonds. The first-order chi connectivity index (χ1) is 15.5. The average molecular weight is 452 g/mol. The van der Waals surface area contributed by atoms with Crippen molar-refractivity contribution in [2.75, 3.05) is 26.2 Å². The highest BCUT2D eigenvalue weighted by atomic mass is 32.2. The van der Waals surface area contributed by atoms with E-state index in [1.807, 2.05) is 35.2 Å². The Morgan fingerprint density at radius 3 is 2.44 bits per heavy atom. The smallest absolute Gasteiger partial charge is 0.282 e. The Balaban J connectivity index is 1.31. The molecule has 4 aromatic rings. The SMILES string of the molecule is O=c1c2nn(-c3ccccc3)cc2cnn1CN1CCN(S(=O)(=O)c2cccnc2)CC1. The van der Waals surface area contributed by atoms with E-state index in [0.717, 1.165) is 5.69 Å². The lowest BCUT2D eigenvalue weighted by atomic mass is 10.3. The molecule has 164 valence electrons. The molecule has 0 saturated carbocycles. The zero-order valence-electron chi connectivity index (χ0n) is 17.1. The number of hydrogen-bond donors (Lipinski definition) is 0. The Labute approximate surface area is 184 Å².